The molecule has 2 aromatic carbocycles. The Bertz CT molecular complexity index is 719. The van der Waals surface area contributed by atoms with Gasteiger partial charge >= 0.3 is 5.97 Å². The fourth-order valence-corrected chi connectivity index (χ4v) is 3.07. The molecule has 2 rings (SSSR count). The largest absolute Gasteiger partial charge is 0.508 e. The number of hydrogen-bond acceptors (Lipinski definition) is 3. The molecule has 1 atom stereocenters. The van der Waals surface area contributed by atoms with Crippen molar-refractivity contribution in [3.05, 3.63) is 64.2 Å². The molecule has 0 heterocycles. The molecule has 3 heteroatoms. The summed E-state index contributed by atoms with van der Waals surface area (Å²) in [5.41, 5.74) is 4.81. The molecule has 0 amide bonds. The van der Waals surface area contributed by atoms with E-state index >= 15 is 0 Å². The van der Waals surface area contributed by atoms with E-state index in [0.29, 0.717) is 11.3 Å². The van der Waals surface area contributed by atoms with E-state index in [2.05, 4.69) is 19.1 Å². The predicted octanol–water partition coefficient (Wildman–Crippen LogP) is 5.12. The van der Waals surface area contributed by atoms with Crippen LogP contribution in [0.5, 0.6) is 5.75 Å². The standard InChI is InChI=1S/C21H26O3/c1-5-6-7-19(17-9-11-20(22)15(3)13-17)16-8-10-18(14(2)12-16)21(23)24-4/h8-13,19,22H,5-7H2,1-4H3. The summed E-state index contributed by atoms with van der Waals surface area (Å²) >= 11 is 0. The number of ether oxygens (including phenoxy) is 1. The summed E-state index contributed by atoms with van der Waals surface area (Å²) in [6, 6.07) is 11.8. The van der Waals surface area contributed by atoms with Gasteiger partial charge in [-0.05, 0) is 54.7 Å². The van der Waals surface area contributed by atoms with Crippen molar-refractivity contribution in [2.24, 2.45) is 0 Å². The van der Waals surface area contributed by atoms with Gasteiger partial charge in [-0.25, -0.2) is 4.79 Å². The molecule has 0 aromatic heterocycles. The summed E-state index contributed by atoms with van der Waals surface area (Å²) in [5.74, 6) is 0.282. The second-order valence-electron chi connectivity index (χ2n) is 6.31. The highest BCUT2D eigenvalue weighted by molar-refractivity contribution is 5.91. The van der Waals surface area contributed by atoms with Crippen LogP contribution >= 0.6 is 0 Å². The van der Waals surface area contributed by atoms with Crippen LogP contribution in [0.3, 0.4) is 0 Å². The smallest absolute Gasteiger partial charge is 0.338 e. The third-order valence-electron chi connectivity index (χ3n) is 4.53. The Hall–Kier alpha value is -2.29. The van der Waals surface area contributed by atoms with E-state index in [1.54, 1.807) is 6.07 Å². The molecule has 0 spiro atoms. The molecular formula is C21H26O3. The average molecular weight is 326 g/mol. The van der Waals surface area contributed by atoms with E-state index in [-0.39, 0.29) is 11.9 Å². The number of rotatable bonds is 6. The monoisotopic (exact) mass is 326 g/mol. The quantitative estimate of drug-likeness (QED) is 0.750. The highest BCUT2D eigenvalue weighted by Crippen LogP contribution is 2.33. The number of carbonyl (C=O) groups is 1. The van der Waals surface area contributed by atoms with Crippen LogP contribution in [0.15, 0.2) is 36.4 Å². The maximum atomic E-state index is 11.8. The third kappa shape index (κ3) is 3.97. The number of carbonyl (C=O) groups excluding carboxylic acids is 1. The van der Waals surface area contributed by atoms with Crippen molar-refractivity contribution in [3.63, 3.8) is 0 Å². The number of aryl methyl sites for hydroxylation is 2. The SMILES string of the molecule is CCCCC(c1ccc(O)c(C)c1)c1ccc(C(=O)OC)c(C)c1. The van der Waals surface area contributed by atoms with E-state index in [4.69, 9.17) is 4.74 Å². The van der Waals surface area contributed by atoms with Crippen molar-refractivity contribution in [2.45, 2.75) is 46.0 Å². The van der Waals surface area contributed by atoms with Gasteiger partial charge in [0.15, 0.2) is 0 Å². The van der Waals surface area contributed by atoms with Gasteiger partial charge in [0, 0.05) is 5.92 Å². The van der Waals surface area contributed by atoms with E-state index in [1.165, 1.54) is 18.2 Å². The second-order valence-corrected chi connectivity index (χ2v) is 6.31. The summed E-state index contributed by atoms with van der Waals surface area (Å²) in [5, 5.41) is 9.79. The Morgan fingerprint density at radius 1 is 1.08 bits per heavy atom. The normalized spacial score (nSPS) is 12.0. The zero-order valence-electron chi connectivity index (χ0n) is 14.9. The minimum absolute atomic E-state index is 0.259. The Morgan fingerprint density at radius 2 is 1.71 bits per heavy atom. The van der Waals surface area contributed by atoms with Crippen LogP contribution in [0.2, 0.25) is 0 Å². The van der Waals surface area contributed by atoms with Crippen molar-refractivity contribution in [3.8, 4) is 5.75 Å². The fraction of sp³-hybridized carbons (Fsp3) is 0.381. The van der Waals surface area contributed by atoms with E-state index in [9.17, 15) is 9.90 Å². The number of aromatic hydroxyl groups is 1. The molecule has 0 aliphatic heterocycles. The van der Waals surface area contributed by atoms with Crippen LogP contribution in [0.25, 0.3) is 0 Å². The van der Waals surface area contributed by atoms with Gasteiger partial charge in [-0.3, -0.25) is 0 Å². The highest BCUT2D eigenvalue weighted by atomic mass is 16.5. The molecule has 1 N–H and O–H groups in total. The van der Waals surface area contributed by atoms with Crippen molar-refractivity contribution >= 4 is 5.97 Å². The maximum absolute atomic E-state index is 11.8. The van der Waals surface area contributed by atoms with Gasteiger partial charge in [0.1, 0.15) is 5.75 Å². The van der Waals surface area contributed by atoms with E-state index in [1.807, 2.05) is 32.0 Å². The first kappa shape index (κ1) is 18.1. The number of benzene rings is 2. The van der Waals surface area contributed by atoms with Crippen LogP contribution in [0.1, 0.15) is 64.7 Å². The Balaban J connectivity index is 2.42. The van der Waals surface area contributed by atoms with Gasteiger partial charge in [-0.2, -0.15) is 0 Å². The van der Waals surface area contributed by atoms with Crippen molar-refractivity contribution in [1.29, 1.82) is 0 Å². The first-order valence-corrected chi connectivity index (χ1v) is 8.46. The molecule has 1 unspecified atom stereocenters. The van der Waals surface area contributed by atoms with Crippen LogP contribution in [0.4, 0.5) is 0 Å². The van der Waals surface area contributed by atoms with Gasteiger partial charge in [-0.1, -0.05) is 44.0 Å². The Morgan fingerprint density at radius 3 is 2.25 bits per heavy atom. The van der Waals surface area contributed by atoms with Crippen molar-refractivity contribution < 1.29 is 14.6 Å². The molecule has 0 bridgehead atoms. The second kappa shape index (κ2) is 8.00. The zero-order chi connectivity index (χ0) is 17.7. The van der Waals surface area contributed by atoms with E-state index in [0.717, 1.165) is 30.4 Å². The summed E-state index contributed by atoms with van der Waals surface area (Å²) in [4.78, 5) is 11.8. The molecule has 0 saturated heterocycles. The minimum Gasteiger partial charge on any atom is -0.508 e. The summed E-state index contributed by atoms with van der Waals surface area (Å²) in [7, 11) is 1.40. The van der Waals surface area contributed by atoms with Crippen LogP contribution in [-0.4, -0.2) is 18.2 Å². The minimum atomic E-state index is -0.301. The zero-order valence-corrected chi connectivity index (χ0v) is 14.9. The van der Waals surface area contributed by atoms with Crippen LogP contribution in [0, 0.1) is 13.8 Å². The van der Waals surface area contributed by atoms with Gasteiger partial charge < -0.3 is 9.84 Å². The molecular weight excluding hydrogens is 300 g/mol. The van der Waals surface area contributed by atoms with Gasteiger partial charge in [0.05, 0.1) is 12.7 Å². The molecule has 2 aromatic rings. The average Bonchev–Trinajstić information content (AvgIpc) is 2.57. The van der Waals surface area contributed by atoms with Crippen LogP contribution in [-0.2, 0) is 4.74 Å². The lowest BCUT2D eigenvalue weighted by Crippen LogP contribution is -2.07. The number of phenolic OH excluding ortho intramolecular Hbond substituents is 1. The Kier molecular flexibility index (Phi) is 6.02. The number of methoxy groups -OCH3 is 1. The molecule has 0 aliphatic rings. The van der Waals surface area contributed by atoms with Crippen molar-refractivity contribution in [1.82, 2.24) is 0 Å². The highest BCUT2D eigenvalue weighted by Gasteiger charge is 2.17. The fourth-order valence-electron chi connectivity index (χ4n) is 3.07. The van der Waals surface area contributed by atoms with Gasteiger partial charge in [0.2, 0.25) is 0 Å². The van der Waals surface area contributed by atoms with Crippen LogP contribution < -0.4 is 0 Å². The number of unbranched alkanes of at least 4 members (excludes halogenated alkanes) is 1. The third-order valence-corrected chi connectivity index (χ3v) is 4.53. The van der Waals surface area contributed by atoms with E-state index < -0.39 is 0 Å². The molecule has 0 fully saturated rings. The number of esters is 1. The summed E-state index contributed by atoms with van der Waals surface area (Å²) in [6.07, 6.45) is 3.30. The number of phenols is 1. The lowest BCUT2D eigenvalue weighted by Gasteiger charge is -2.20. The summed E-state index contributed by atoms with van der Waals surface area (Å²) < 4.78 is 4.83. The number of hydrogen-bond donors (Lipinski definition) is 1. The molecule has 0 radical (unpaired) electrons. The predicted molar refractivity (Wildman–Crippen MR) is 96.7 cm³/mol. The molecule has 128 valence electrons. The van der Waals surface area contributed by atoms with Gasteiger partial charge in [0.25, 0.3) is 0 Å². The first-order chi connectivity index (χ1) is 11.5. The molecule has 24 heavy (non-hydrogen) atoms. The molecule has 3 nitrogen and oxygen atoms in total. The lowest BCUT2D eigenvalue weighted by atomic mass is 9.85. The lowest BCUT2D eigenvalue weighted by molar-refractivity contribution is 0.0600. The molecule has 0 aliphatic carbocycles. The van der Waals surface area contributed by atoms with Crippen molar-refractivity contribution in [2.75, 3.05) is 7.11 Å². The molecule has 0 saturated carbocycles. The topological polar surface area (TPSA) is 46.5 Å². The first-order valence-electron chi connectivity index (χ1n) is 8.46. The Labute approximate surface area is 144 Å². The summed E-state index contributed by atoms with van der Waals surface area (Å²) in [6.45, 7) is 6.04. The van der Waals surface area contributed by atoms with Gasteiger partial charge in [-0.15, -0.1) is 0 Å². The maximum Gasteiger partial charge on any atom is 0.338 e.